The smallest absolute Gasteiger partial charge is 0.296 e. The largest absolute Gasteiger partial charge is 0.345 e. The van der Waals surface area contributed by atoms with E-state index in [1.807, 2.05) is 0 Å². The number of hydroxylamine groups is 2. The fourth-order valence-electron chi connectivity index (χ4n) is 2.45. The van der Waals surface area contributed by atoms with E-state index in [2.05, 4.69) is 26.7 Å². The molecule has 0 aliphatic rings. The van der Waals surface area contributed by atoms with Gasteiger partial charge in [-0.3, -0.25) is 19.5 Å². The van der Waals surface area contributed by atoms with E-state index < -0.39 is 17.9 Å². The number of rotatable bonds is 5. The fraction of sp³-hybridized carbons (Fsp3) is 0.222. The molecule has 2 aromatic rings. The molecule has 28 heavy (non-hydrogen) atoms. The van der Waals surface area contributed by atoms with E-state index in [4.69, 9.17) is 11.6 Å². The van der Waals surface area contributed by atoms with Gasteiger partial charge >= 0.3 is 12.1 Å². The molecule has 2 aromatic carbocycles. The minimum absolute atomic E-state index is 0.0804. The number of urea groups is 2. The van der Waals surface area contributed by atoms with Crippen LogP contribution in [0.25, 0.3) is 11.1 Å². The summed E-state index contributed by atoms with van der Waals surface area (Å²) in [6.45, 7) is 0. The van der Waals surface area contributed by atoms with Crippen LogP contribution in [-0.4, -0.2) is 40.4 Å². The lowest BCUT2D eigenvalue weighted by molar-refractivity contribution is 0.111. The zero-order chi connectivity index (χ0) is 20.8. The Morgan fingerprint density at radius 3 is 2.25 bits per heavy atom. The van der Waals surface area contributed by atoms with Gasteiger partial charge in [0.15, 0.2) is 0 Å². The van der Waals surface area contributed by atoms with E-state index in [9.17, 15) is 14.0 Å². The van der Waals surface area contributed by atoms with Gasteiger partial charge in [-0.25, -0.2) is 24.9 Å². The third-order valence-electron chi connectivity index (χ3n) is 3.89. The van der Waals surface area contributed by atoms with E-state index in [1.54, 1.807) is 12.1 Å². The molecular weight excluding hydrogens is 391 g/mol. The minimum Gasteiger partial charge on any atom is -0.296 e. The molecule has 0 atom stereocenters. The number of nitrogens with zero attached hydrogens (tertiary/aromatic N) is 2. The highest BCUT2D eigenvalue weighted by molar-refractivity contribution is 6.34. The summed E-state index contributed by atoms with van der Waals surface area (Å²) in [6, 6.07) is 8.86. The molecule has 10 heteroatoms. The standard InChI is InChI=1S/C18H19ClFN4O4/c1-23(17(25)21-27-3)11-8-9-12(13(19)10-11)16-14(20)6-5-7-15(16)24(2)18(26)22-28-4/h5,7-10H,1-4H3,(H,21,25)(H,22,26). The third-order valence-corrected chi connectivity index (χ3v) is 4.20. The van der Waals surface area contributed by atoms with Gasteiger partial charge in [0.05, 0.1) is 24.9 Å². The Kier molecular flexibility index (Phi) is 7.16. The lowest BCUT2D eigenvalue weighted by Gasteiger charge is -2.22. The number of anilines is 2. The molecular formula is C18H19ClFN4O4. The van der Waals surface area contributed by atoms with E-state index in [1.165, 1.54) is 56.3 Å². The van der Waals surface area contributed by atoms with Gasteiger partial charge in [-0.15, -0.1) is 0 Å². The molecule has 0 saturated carbocycles. The van der Waals surface area contributed by atoms with Crippen LogP contribution in [0.1, 0.15) is 0 Å². The summed E-state index contributed by atoms with van der Waals surface area (Å²) >= 11 is 6.37. The maximum atomic E-state index is 14.6. The first-order valence-corrected chi connectivity index (χ1v) is 8.33. The number of carbonyl (C=O) groups excluding carboxylic acids is 2. The van der Waals surface area contributed by atoms with Crippen molar-refractivity contribution in [2.24, 2.45) is 0 Å². The molecule has 1 radical (unpaired) electrons. The Morgan fingerprint density at radius 2 is 1.68 bits per heavy atom. The van der Waals surface area contributed by atoms with Gasteiger partial charge in [0.2, 0.25) is 0 Å². The molecule has 0 aliphatic heterocycles. The summed E-state index contributed by atoms with van der Waals surface area (Å²) in [5.41, 5.74) is 5.46. The van der Waals surface area contributed by atoms with Gasteiger partial charge in [-0.2, -0.15) is 0 Å². The quantitative estimate of drug-likeness (QED) is 0.742. The van der Waals surface area contributed by atoms with Crippen molar-refractivity contribution < 1.29 is 23.7 Å². The molecule has 2 rings (SSSR count). The SMILES string of the molecule is CONC(=O)N(C)c1ccc(-c2c(F)[c]ccc2N(C)C(=O)NOC)c(Cl)c1. The zero-order valence-electron chi connectivity index (χ0n) is 15.7. The van der Waals surface area contributed by atoms with Crippen LogP contribution in [0.4, 0.5) is 25.4 Å². The van der Waals surface area contributed by atoms with Crippen LogP contribution in [0.3, 0.4) is 0 Å². The van der Waals surface area contributed by atoms with Crippen LogP contribution in [0.5, 0.6) is 0 Å². The lowest BCUT2D eigenvalue weighted by atomic mass is 10.0. The first-order valence-electron chi connectivity index (χ1n) is 7.95. The van der Waals surface area contributed by atoms with Gasteiger partial charge in [-0.05, 0) is 24.3 Å². The molecule has 0 saturated heterocycles. The maximum Gasteiger partial charge on any atom is 0.345 e. The molecule has 2 N–H and O–H groups in total. The average molecular weight is 410 g/mol. The second-order valence-corrected chi connectivity index (χ2v) is 5.96. The summed E-state index contributed by atoms with van der Waals surface area (Å²) in [4.78, 5) is 35.6. The van der Waals surface area contributed by atoms with Gasteiger partial charge < -0.3 is 0 Å². The monoisotopic (exact) mass is 409 g/mol. The Hall–Kier alpha value is -2.88. The van der Waals surface area contributed by atoms with Crippen LogP contribution in [0, 0.1) is 11.9 Å². The lowest BCUT2D eigenvalue weighted by Crippen LogP contribution is -2.37. The number of benzene rings is 2. The first-order chi connectivity index (χ1) is 13.3. The Labute approximate surface area is 166 Å². The molecule has 0 spiro atoms. The number of halogens is 2. The second kappa shape index (κ2) is 9.36. The van der Waals surface area contributed by atoms with Crippen molar-refractivity contribution in [3.05, 3.63) is 47.2 Å². The molecule has 149 valence electrons. The first kappa shape index (κ1) is 21.4. The highest BCUT2D eigenvalue weighted by atomic mass is 35.5. The number of amides is 4. The Morgan fingerprint density at radius 1 is 1.07 bits per heavy atom. The average Bonchev–Trinajstić information content (AvgIpc) is 2.67. The van der Waals surface area contributed by atoms with Crippen molar-refractivity contribution in [3.63, 3.8) is 0 Å². The molecule has 0 unspecified atom stereocenters. The molecule has 0 bridgehead atoms. The Balaban J connectivity index is 2.48. The molecule has 0 aliphatic carbocycles. The highest BCUT2D eigenvalue weighted by Gasteiger charge is 2.21. The number of carbonyl (C=O) groups is 2. The van der Waals surface area contributed by atoms with Crippen LogP contribution in [0.2, 0.25) is 5.02 Å². The molecule has 0 aromatic heterocycles. The van der Waals surface area contributed by atoms with Crippen molar-refractivity contribution in [2.45, 2.75) is 0 Å². The molecule has 8 nitrogen and oxygen atoms in total. The summed E-state index contributed by atoms with van der Waals surface area (Å²) < 4.78 is 14.6. The number of hydrogen-bond acceptors (Lipinski definition) is 4. The second-order valence-electron chi connectivity index (χ2n) is 5.56. The summed E-state index contributed by atoms with van der Waals surface area (Å²) in [5, 5.41) is 0.176. The van der Waals surface area contributed by atoms with E-state index in [0.717, 1.165) is 0 Å². The van der Waals surface area contributed by atoms with Crippen molar-refractivity contribution in [1.82, 2.24) is 11.0 Å². The van der Waals surface area contributed by atoms with Gasteiger partial charge in [-0.1, -0.05) is 17.7 Å². The van der Waals surface area contributed by atoms with Gasteiger partial charge in [0, 0.05) is 37.0 Å². The van der Waals surface area contributed by atoms with Crippen molar-refractivity contribution in [1.29, 1.82) is 0 Å². The molecule has 4 amide bonds. The molecule has 0 heterocycles. The van der Waals surface area contributed by atoms with Crippen molar-refractivity contribution in [2.75, 3.05) is 38.1 Å². The van der Waals surface area contributed by atoms with Crippen molar-refractivity contribution in [3.8, 4) is 11.1 Å². The number of hydrogen-bond donors (Lipinski definition) is 2. The number of nitrogens with one attached hydrogen (secondary N) is 2. The van der Waals surface area contributed by atoms with Crippen LogP contribution < -0.4 is 20.8 Å². The summed E-state index contributed by atoms with van der Waals surface area (Å²) in [6.07, 6.45) is 0. The van der Waals surface area contributed by atoms with E-state index in [0.29, 0.717) is 11.3 Å². The summed E-state index contributed by atoms with van der Waals surface area (Å²) in [5.74, 6) is -0.685. The molecule has 0 fully saturated rings. The van der Waals surface area contributed by atoms with Crippen LogP contribution >= 0.6 is 11.6 Å². The highest BCUT2D eigenvalue weighted by Crippen LogP contribution is 2.38. The Bertz CT molecular complexity index is 881. The summed E-state index contributed by atoms with van der Waals surface area (Å²) in [7, 11) is 5.58. The third kappa shape index (κ3) is 4.50. The van der Waals surface area contributed by atoms with Crippen LogP contribution in [0.15, 0.2) is 30.3 Å². The van der Waals surface area contributed by atoms with Gasteiger partial charge in [0.25, 0.3) is 0 Å². The predicted molar refractivity (Wildman–Crippen MR) is 104 cm³/mol. The minimum atomic E-state index is -0.685. The normalized spacial score (nSPS) is 10.4. The maximum absolute atomic E-state index is 14.6. The predicted octanol–water partition coefficient (Wildman–Crippen LogP) is 3.36. The van der Waals surface area contributed by atoms with Crippen LogP contribution in [-0.2, 0) is 9.68 Å². The van der Waals surface area contributed by atoms with Gasteiger partial charge in [0.1, 0.15) is 5.82 Å². The zero-order valence-corrected chi connectivity index (χ0v) is 16.4. The fourth-order valence-corrected chi connectivity index (χ4v) is 2.72. The van der Waals surface area contributed by atoms with E-state index >= 15 is 0 Å². The topological polar surface area (TPSA) is 83.1 Å². The van der Waals surface area contributed by atoms with E-state index in [-0.39, 0.29) is 16.3 Å². The van der Waals surface area contributed by atoms with Crippen molar-refractivity contribution >= 4 is 35.0 Å².